The van der Waals surface area contributed by atoms with Crippen molar-refractivity contribution in [3.63, 3.8) is 0 Å². The topological polar surface area (TPSA) is 69.7 Å². The van der Waals surface area contributed by atoms with Crippen LogP contribution < -0.4 is 4.18 Å². The molecule has 0 fully saturated rings. The fourth-order valence-electron chi connectivity index (χ4n) is 1.58. The number of methoxy groups -OCH3 is 1. The molecule has 0 amide bonds. The van der Waals surface area contributed by atoms with E-state index >= 15 is 0 Å². The average Bonchev–Trinajstić information content (AvgIpc) is 2.48. The van der Waals surface area contributed by atoms with E-state index in [2.05, 4.69) is 4.74 Å². The lowest BCUT2D eigenvalue weighted by atomic mass is 10.2. The van der Waals surface area contributed by atoms with Crippen LogP contribution in [0.1, 0.15) is 10.4 Å². The largest absolute Gasteiger partial charge is 0.465 e. The highest BCUT2D eigenvalue weighted by Gasteiger charge is 2.19. The summed E-state index contributed by atoms with van der Waals surface area (Å²) in [6, 6.07) is 9.95. The van der Waals surface area contributed by atoms with Gasteiger partial charge < -0.3 is 8.92 Å². The Morgan fingerprint density at radius 1 is 1.14 bits per heavy atom. The maximum absolute atomic E-state index is 12.2. The molecule has 0 bridgehead atoms. The summed E-state index contributed by atoms with van der Waals surface area (Å²) in [6.45, 7) is 0. The summed E-state index contributed by atoms with van der Waals surface area (Å²) in [4.78, 5) is 11.4. The summed E-state index contributed by atoms with van der Waals surface area (Å²) < 4.78 is 34.5. The zero-order chi connectivity index (χ0) is 16.3. The highest BCUT2D eigenvalue weighted by atomic mass is 127. The molecule has 0 aromatic heterocycles. The number of hydrogen-bond acceptors (Lipinski definition) is 5. The molecular formula is C14H10ClIO5S. The Labute approximate surface area is 146 Å². The van der Waals surface area contributed by atoms with Gasteiger partial charge in [0.2, 0.25) is 0 Å². The number of hydrogen-bond donors (Lipinski definition) is 0. The minimum absolute atomic E-state index is 0.00950. The highest BCUT2D eigenvalue weighted by molar-refractivity contribution is 14.1. The van der Waals surface area contributed by atoms with Crippen LogP contribution in [0, 0.1) is 3.57 Å². The molecule has 116 valence electrons. The van der Waals surface area contributed by atoms with Gasteiger partial charge in [0.15, 0.2) is 5.75 Å². The fourth-order valence-corrected chi connectivity index (χ4v) is 3.43. The van der Waals surface area contributed by atoms with Gasteiger partial charge >= 0.3 is 16.1 Å². The zero-order valence-corrected chi connectivity index (χ0v) is 15.0. The van der Waals surface area contributed by atoms with Crippen LogP contribution in [0.3, 0.4) is 0 Å². The van der Waals surface area contributed by atoms with Gasteiger partial charge in [0.05, 0.1) is 16.2 Å². The van der Waals surface area contributed by atoms with Gasteiger partial charge in [-0.2, -0.15) is 8.42 Å². The Bertz CT molecular complexity index is 802. The van der Waals surface area contributed by atoms with Gasteiger partial charge in [-0.3, -0.25) is 0 Å². The third-order valence-electron chi connectivity index (χ3n) is 2.65. The van der Waals surface area contributed by atoms with Crippen molar-refractivity contribution in [3.8, 4) is 5.75 Å². The number of carbonyl (C=O) groups excluding carboxylic acids is 1. The van der Waals surface area contributed by atoms with E-state index in [-0.39, 0.29) is 10.6 Å². The second-order valence-corrected chi connectivity index (χ2v) is 7.27. The molecule has 0 spiro atoms. The van der Waals surface area contributed by atoms with Crippen molar-refractivity contribution >= 4 is 50.3 Å². The van der Waals surface area contributed by atoms with Crippen molar-refractivity contribution in [2.75, 3.05) is 7.11 Å². The lowest BCUT2D eigenvalue weighted by Gasteiger charge is -2.09. The van der Waals surface area contributed by atoms with E-state index in [4.69, 9.17) is 15.8 Å². The quantitative estimate of drug-likeness (QED) is 0.403. The van der Waals surface area contributed by atoms with E-state index in [1.165, 1.54) is 49.6 Å². The molecule has 0 saturated heterocycles. The molecule has 2 rings (SSSR count). The van der Waals surface area contributed by atoms with E-state index in [1.807, 2.05) is 22.6 Å². The molecule has 0 saturated carbocycles. The van der Waals surface area contributed by atoms with E-state index in [0.29, 0.717) is 14.2 Å². The number of benzene rings is 2. The Morgan fingerprint density at radius 3 is 2.32 bits per heavy atom. The second kappa shape index (κ2) is 6.84. The number of carbonyl (C=O) groups is 1. The summed E-state index contributed by atoms with van der Waals surface area (Å²) >= 11 is 7.61. The third-order valence-corrected chi connectivity index (χ3v) is 5.00. The molecular weight excluding hydrogens is 443 g/mol. The minimum Gasteiger partial charge on any atom is -0.465 e. The van der Waals surface area contributed by atoms with E-state index in [9.17, 15) is 13.2 Å². The molecule has 0 atom stereocenters. The molecule has 0 heterocycles. The van der Waals surface area contributed by atoms with Gasteiger partial charge in [0.25, 0.3) is 0 Å². The van der Waals surface area contributed by atoms with Crippen LogP contribution in [-0.2, 0) is 14.9 Å². The predicted molar refractivity (Wildman–Crippen MR) is 89.8 cm³/mol. The molecule has 0 unspecified atom stereocenters. The number of esters is 1. The number of ether oxygens (including phenoxy) is 1. The van der Waals surface area contributed by atoms with Crippen LogP contribution in [0.25, 0.3) is 0 Å². The molecule has 2 aromatic carbocycles. The van der Waals surface area contributed by atoms with Crippen LogP contribution in [0.15, 0.2) is 47.4 Å². The fraction of sp³-hybridized carbons (Fsp3) is 0.0714. The molecule has 2 aromatic rings. The molecule has 0 N–H and O–H groups in total. The SMILES string of the molecule is COC(=O)c1ccc(OS(=O)(=O)c2ccc(Cl)cc2)c(I)c1. The van der Waals surface area contributed by atoms with E-state index in [1.54, 1.807) is 0 Å². The van der Waals surface area contributed by atoms with Gasteiger partial charge in [0, 0.05) is 5.02 Å². The van der Waals surface area contributed by atoms with Crippen LogP contribution in [0.2, 0.25) is 5.02 Å². The van der Waals surface area contributed by atoms with Crippen LogP contribution in [0.4, 0.5) is 0 Å². The summed E-state index contributed by atoms with van der Waals surface area (Å²) in [5.74, 6) is -0.381. The third kappa shape index (κ3) is 3.90. The zero-order valence-electron chi connectivity index (χ0n) is 11.2. The minimum atomic E-state index is -3.97. The molecule has 0 radical (unpaired) electrons. The Morgan fingerprint density at radius 2 is 1.77 bits per heavy atom. The lowest BCUT2D eigenvalue weighted by Crippen LogP contribution is -2.11. The maximum Gasteiger partial charge on any atom is 0.339 e. The monoisotopic (exact) mass is 452 g/mol. The van der Waals surface area contributed by atoms with E-state index in [0.717, 1.165) is 0 Å². The molecule has 8 heteroatoms. The first-order valence-electron chi connectivity index (χ1n) is 5.91. The lowest BCUT2D eigenvalue weighted by molar-refractivity contribution is 0.0600. The van der Waals surface area contributed by atoms with Crippen LogP contribution in [-0.4, -0.2) is 21.5 Å². The van der Waals surface area contributed by atoms with Crippen molar-refractivity contribution in [2.24, 2.45) is 0 Å². The summed E-state index contributed by atoms with van der Waals surface area (Å²) in [7, 11) is -2.70. The summed E-state index contributed by atoms with van der Waals surface area (Å²) in [6.07, 6.45) is 0. The van der Waals surface area contributed by atoms with Crippen molar-refractivity contribution in [2.45, 2.75) is 4.90 Å². The van der Waals surface area contributed by atoms with Crippen LogP contribution >= 0.6 is 34.2 Å². The van der Waals surface area contributed by atoms with Crippen molar-refractivity contribution < 1.29 is 22.1 Å². The molecule has 0 aliphatic rings. The van der Waals surface area contributed by atoms with Gasteiger partial charge in [0.1, 0.15) is 4.90 Å². The smallest absolute Gasteiger partial charge is 0.339 e. The Hall–Kier alpha value is -1.32. The first-order chi connectivity index (χ1) is 10.3. The van der Waals surface area contributed by atoms with Gasteiger partial charge in [-0.25, -0.2) is 4.79 Å². The first-order valence-corrected chi connectivity index (χ1v) is 8.78. The standard InChI is InChI=1S/C14H10ClIO5S/c1-20-14(17)9-2-7-13(12(16)8-9)21-22(18,19)11-5-3-10(15)4-6-11/h2-8H,1H3. The highest BCUT2D eigenvalue weighted by Crippen LogP contribution is 2.26. The van der Waals surface area contributed by atoms with Crippen molar-refractivity contribution in [1.82, 2.24) is 0 Å². The molecule has 0 aliphatic heterocycles. The summed E-state index contributed by atoms with van der Waals surface area (Å²) in [5, 5.41) is 0.427. The van der Waals surface area contributed by atoms with Crippen molar-refractivity contribution in [1.29, 1.82) is 0 Å². The normalized spacial score (nSPS) is 11.0. The van der Waals surface area contributed by atoms with Gasteiger partial charge in [-0.1, -0.05) is 11.6 Å². The molecule has 5 nitrogen and oxygen atoms in total. The van der Waals surface area contributed by atoms with Gasteiger partial charge in [-0.15, -0.1) is 0 Å². The van der Waals surface area contributed by atoms with Crippen molar-refractivity contribution in [3.05, 3.63) is 56.6 Å². The van der Waals surface area contributed by atoms with Gasteiger partial charge in [-0.05, 0) is 65.1 Å². The molecule has 22 heavy (non-hydrogen) atoms. The predicted octanol–water partition coefficient (Wildman–Crippen LogP) is 3.50. The Balaban J connectivity index is 2.30. The second-order valence-electron chi connectivity index (χ2n) is 4.13. The number of rotatable bonds is 4. The average molecular weight is 453 g/mol. The van der Waals surface area contributed by atoms with E-state index < -0.39 is 16.1 Å². The maximum atomic E-state index is 12.2. The van der Waals surface area contributed by atoms with Crippen LogP contribution in [0.5, 0.6) is 5.75 Å². The Kier molecular flexibility index (Phi) is 5.30. The number of halogens is 2. The summed E-state index contributed by atoms with van der Waals surface area (Å²) in [5.41, 5.74) is 0.308. The molecule has 0 aliphatic carbocycles. The first kappa shape index (κ1) is 17.0.